The lowest BCUT2D eigenvalue weighted by Crippen LogP contribution is -2.70. The highest BCUT2D eigenvalue weighted by molar-refractivity contribution is 5.82. The Balaban J connectivity index is 1.47. The standard InChI is InChI=1S/C45H62N8O20/c1-23(54)47-18-28-15-16-29(50-42(60)67-20-24-7-11-26(12-8-24)52(63)64)39(70-28)71-36-31(51-43(61)68-21-25-9-13-27(14-10-25)53(65)66)17-30(49-38(58)32(55)19-48-41(59)73-44(2,3)4)35(33(36)56)72-40-34(57)37(46-6)45(5,62)22-69-40/h7-15,29-37,39-40,46,55-57,62H,16-22H2,1-6H3,(H,47,54)(H,48,59)(H,49,58)(H,50,60)(H,51,61)/t29-,30-,31+,32+,33-,34-,35+,36-,37-,39-,40-,45+/m1/s1. The Morgan fingerprint density at radius 2 is 1.32 bits per heavy atom. The SMILES string of the molecule is CN[C@@H]1[C@@H](O)[C@@H](O[C@@H]2[C@@H](O)[C@H](O[C@H]3OC(CNC(C)=O)=CC[C@H]3NC(=O)OCc3ccc([N+](=O)[O-])cc3)[C@@H](NC(=O)OCc3ccc([N+](=O)[O-])cc3)C[C@H]2NC(=O)[C@@H](O)CNC(=O)OC(C)(C)C)OC[C@]1(C)O. The molecule has 0 bridgehead atoms. The third kappa shape index (κ3) is 16.6. The number of carbonyl (C=O) groups excluding carboxylic acids is 5. The number of aliphatic hydroxyl groups is 4. The second-order valence-corrected chi connectivity index (χ2v) is 18.5. The number of non-ortho nitro benzene ring substituents is 2. The zero-order valence-electron chi connectivity index (χ0n) is 40.7. The molecule has 0 spiro atoms. The lowest BCUT2D eigenvalue weighted by molar-refractivity contribution is -0.385. The number of nitro groups is 2. The Bertz CT molecular complexity index is 2300. The van der Waals surface area contributed by atoms with E-state index >= 15 is 0 Å². The summed E-state index contributed by atoms with van der Waals surface area (Å²) in [4.78, 5) is 86.0. The second kappa shape index (κ2) is 25.2. The zero-order chi connectivity index (χ0) is 53.8. The minimum Gasteiger partial charge on any atom is -0.465 e. The molecule has 2 heterocycles. The summed E-state index contributed by atoms with van der Waals surface area (Å²) in [7, 11) is 1.46. The van der Waals surface area contributed by atoms with Gasteiger partial charge in [0.05, 0.1) is 53.7 Å². The van der Waals surface area contributed by atoms with Gasteiger partial charge in [0.1, 0.15) is 60.7 Å². The monoisotopic (exact) mass is 1030 g/mol. The van der Waals surface area contributed by atoms with Crippen LogP contribution < -0.4 is 31.9 Å². The van der Waals surface area contributed by atoms with Crippen molar-refractivity contribution in [1.82, 2.24) is 31.9 Å². The summed E-state index contributed by atoms with van der Waals surface area (Å²) in [5, 5.41) is 83.6. The summed E-state index contributed by atoms with van der Waals surface area (Å²) in [6, 6.07) is 5.31. The molecule has 2 aromatic carbocycles. The molecule has 5 rings (SSSR count). The van der Waals surface area contributed by atoms with Crippen molar-refractivity contribution in [3.8, 4) is 0 Å². The van der Waals surface area contributed by atoms with Crippen molar-refractivity contribution in [3.05, 3.63) is 91.7 Å². The van der Waals surface area contributed by atoms with E-state index in [1.165, 1.54) is 75.5 Å². The molecule has 0 radical (unpaired) electrons. The topological polar surface area (TPSA) is 389 Å². The first kappa shape index (κ1) is 57.1. The van der Waals surface area contributed by atoms with E-state index in [4.69, 9.17) is 33.2 Å². The molecule has 2 aliphatic heterocycles. The van der Waals surface area contributed by atoms with Crippen LogP contribution in [-0.2, 0) is 56.0 Å². The van der Waals surface area contributed by atoms with Crippen LogP contribution in [0.4, 0.5) is 25.8 Å². The van der Waals surface area contributed by atoms with Crippen molar-refractivity contribution in [2.24, 2.45) is 0 Å². The van der Waals surface area contributed by atoms with Crippen molar-refractivity contribution < 1.29 is 87.4 Å². The van der Waals surface area contributed by atoms with Crippen LogP contribution in [0.15, 0.2) is 60.4 Å². The van der Waals surface area contributed by atoms with Crippen LogP contribution in [0.2, 0.25) is 0 Å². The number of hydrogen-bond donors (Lipinski definition) is 10. The predicted octanol–water partition coefficient (Wildman–Crippen LogP) is 0.121. The van der Waals surface area contributed by atoms with Crippen LogP contribution in [0.5, 0.6) is 0 Å². The van der Waals surface area contributed by atoms with Gasteiger partial charge in [-0.2, -0.15) is 0 Å². The third-order valence-corrected chi connectivity index (χ3v) is 11.5. The smallest absolute Gasteiger partial charge is 0.407 e. The molecule has 1 saturated carbocycles. The lowest BCUT2D eigenvalue weighted by atomic mass is 9.82. The lowest BCUT2D eigenvalue weighted by Gasteiger charge is -2.49. The minimum atomic E-state index is -1.98. The molecule has 1 aliphatic carbocycles. The van der Waals surface area contributed by atoms with Crippen molar-refractivity contribution in [3.63, 3.8) is 0 Å². The number of likely N-dealkylation sites (N-methyl/N-ethyl adjacent to an activating group) is 1. The van der Waals surface area contributed by atoms with Gasteiger partial charge in [0.25, 0.3) is 17.3 Å². The van der Waals surface area contributed by atoms with E-state index in [-0.39, 0.29) is 36.7 Å². The van der Waals surface area contributed by atoms with E-state index in [1.54, 1.807) is 20.8 Å². The molecule has 5 amide bonds. The van der Waals surface area contributed by atoms with Gasteiger partial charge in [-0.3, -0.25) is 29.8 Å². The van der Waals surface area contributed by atoms with Crippen LogP contribution in [0.1, 0.15) is 58.6 Å². The average Bonchev–Trinajstić information content (AvgIpc) is 3.32. The molecule has 0 aromatic heterocycles. The number of ether oxygens (including phenoxy) is 7. The van der Waals surface area contributed by atoms with Gasteiger partial charge in [0.2, 0.25) is 12.2 Å². The van der Waals surface area contributed by atoms with E-state index in [1.807, 2.05) is 0 Å². The number of nitrogens with one attached hydrogen (secondary N) is 6. The number of aliphatic hydroxyl groups excluding tert-OH is 3. The van der Waals surface area contributed by atoms with E-state index in [2.05, 4.69) is 31.9 Å². The molecule has 28 heteroatoms. The van der Waals surface area contributed by atoms with Gasteiger partial charge in [-0.05, 0) is 89.1 Å². The summed E-state index contributed by atoms with van der Waals surface area (Å²) in [6.45, 7) is 5.53. The largest absolute Gasteiger partial charge is 0.465 e. The maximum atomic E-state index is 13.7. The zero-order valence-corrected chi connectivity index (χ0v) is 40.7. The Morgan fingerprint density at radius 1 is 0.795 bits per heavy atom. The molecule has 10 N–H and O–H groups in total. The van der Waals surface area contributed by atoms with Crippen molar-refractivity contribution >= 4 is 41.5 Å². The van der Waals surface area contributed by atoms with Crippen molar-refractivity contribution in [1.29, 1.82) is 0 Å². The van der Waals surface area contributed by atoms with Crippen LogP contribution in [-0.4, -0.2) is 166 Å². The fourth-order valence-electron chi connectivity index (χ4n) is 7.91. The number of carbonyl (C=O) groups is 5. The summed E-state index contributed by atoms with van der Waals surface area (Å²) in [6.07, 6.45) is -14.1. The average molecular weight is 1040 g/mol. The van der Waals surface area contributed by atoms with Gasteiger partial charge in [0, 0.05) is 31.2 Å². The number of benzene rings is 2. The maximum absolute atomic E-state index is 13.7. The molecule has 12 atom stereocenters. The Hall–Kier alpha value is -6.79. The highest BCUT2D eigenvalue weighted by Crippen LogP contribution is 2.33. The highest BCUT2D eigenvalue weighted by atomic mass is 16.7. The Kier molecular flexibility index (Phi) is 19.7. The number of hydrogen-bond acceptors (Lipinski definition) is 21. The van der Waals surface area contributed by atoms with Gasteiger partial charge in [-0.15, -0.1) is 0 Å². The molecule has 0 unspecified atom stereocenters. The van der Waals surface area contributed by atoms with E-state index in [0.29, 0.717) is 11.1 Å². The molecule has 28 nitrogen and oxygen atoms in total. The van der Waals surface area contributed by atoms with Gasteiger partial charge < -0.3 is 85.5 Å². The van der Waals surface area contributed by atoms with Gasteiger partial charge in [0.15, 0.2) is 6.29 Å². The maximum Gasteiger partial charge on any atom is 0.407 e. The molecule has 2 fully saturated rings. The van der Waals surface area contributed by atoms with Crippen LogP contribution in [0.3, 0.4) is 0 Å². The summed E-state index contributed by atoms with van der Waals surface area (Å²) in [5.41, 5.74) is -2.20. The number of amides is 5. The first-order chi connectivity index (χ1) is 34.3. The summed E-state index contributed by atoms with van der Waals surface area (Å²) >= 11 is 0. The number of nitrogens with zero attached hydrogens (tertiary/aromatic N) is 2. The molecule has 3 aliphatic rings. The summed E-state index contributed by atoms with van der Waals surface area (Å²) in [5.74, 6) is -1.39. The van der Waals surface area contributed by atoms with Gasteiger partial charge in [-0.25, -0.2) is 14.4 Å². The fourth-order valence-corrected chi connectivity index (χ4v) is 7.91. The first-order valence-electron chi connectivity index (χ1n) is 22.9. The molecule has 2 aromatic rings. The fraction of sp³-hybridized carbons (Fsp3) is 0.578. The Morgan fingerprint density at radius 3 is 1.82 bits per heavy atom. The third-order valence-electron chi connectivity index (χ3n) is 11.5. The normalized spacial score (nSPS) is 27.3. The highest BCUT2D eigenvalue weighted by Gasteiger charge is 2.53. The van der Waals surface area contributed by atoms with Crippen molar-refractivity contribution in [2.45, 2.75) is 139 Å². The molecule has 1 saturated heterocycles. The molecule has 73 heavy (non-hydrogen) atoms. The van der Waals surface area contributed by atoms with Gasteiger partial charge in [-0.1, -0.05) is 0 Å². The minimum absolute atomic E-state index is 0.0360. The first-order valence-corrected chi connectivity index (χ1v) is 22.9. The van der Waals surface area contributed by atoms with Crippen LogP contribution in [0.25, 0.3) is 0 Å². The predicted molar refractivity (Wildman–Crippen MR) is 248 cm³/mol. The number of alkyl carbamates (subject to hydrolysis) is 3. The molecule has 402 valence electrons. The number of rotatable bonds is 19. The molecular weight excluding hydrogens is 973 g/mol. The quantitative estimate of drug-likeness (QED) is 0.0507. The van der Waals surface area contributed by atoms with E-state index in [0.717, 1.165) is 0 Å². The van der Waals surface area contributed by atoms with Crippen molar-refractivity contribution in [2.75, 3.05) is 26.7 Å². The Labute approximate surface area is 417 Å². The van der Waals surface area contributed by atoms with Gasteiger partial charge >= 0.3 is 18.3 Å². The van der Waals surface area contributed by atoms with Crippen LogP contribution >= 0.6 is 0 Å². The van der Waals surface area contributed by atoms with E-state index in [9.17, 15) is 64.6 Å². The van der Waals surface area contributed by atoms with Crippen LogP contribution in [0, 0.1) is 20.2 Å². The number of nitro benzene ring substituents is 2. The summed E-state index contributed by atoms with van der Waals surface area (Å²) < 4.78 is 40.6. The van der Waals surface area contributed by atoms with E-state index < -0.39 is 145 Å². The second-order valence-electron chi connectivity index (χ2n) is 18.5. The molecular formula is C45H62N8O20.